The van der Waals surface area contributed by atoms with Gasteiger partial charge in [-0.2, -0.15) is 0 Å². The number of carbonyl (C=O) groups is 1. The largest absolute Gasteiger partial charge is 0.325 e. The molecule has 2 saturated heterocycles. The number of hydrogen-bond donors (Lipinski definition) is 1. The van der Waals surface area contributed by atoms with Crippen LogP contribution >= 0.6 is 0 Å². The molecule has 62 valence electrons. The van der Waals surface area contributed by atoms with Gasteiger partial charge in [0.1, 0.15) is 0 Å². The van der Waals surface area contributed by atoms with Gasteiger partial charge in [-0.1, -0.05) is 0 Å². The number of carbonyl (C=O) groups excluding carboxylic acids is 1. The van der Waals surface area contributed by atoms with Crippen LogP contribution in [0.5, 0.6) is 0 Å². The Balaban J connectivity index is 2.21. The quantitative estimate of drug-likeness (QED) is 0.545. The Kier molecular flexibility index (Phi) is 1.42. The van der Waals surface area contributed by atoms with Crippen molar-refractivity contribution in [1.29, 1.82) is 0 Å². The highest BCUT2D eigenvalue weighted by molar-refractivity contribution is 5.79. The van der Waals surface area contributed by atoms with Gasteiger partial charge in [-0.15, -0.1) is 0 Å². The predicted octanol–water partition coefficient (Wildman–Crippen LogP) is 0.318. The molecule has 1 amide bonds. The molecule has 0 aliphatic carbocycles. The molecule has 0 aromatic rings. The second-order valence-corrected chi connectivity index (χ2v) is 3.60. The highest BCUT2D eigenvalue weighted by Crippen LogP contribution is 2.29. The van der Waals surface area contributed by atoms with Gasteiger partial charge in [-0.3, -0.25) is 10.1 Å². The number of nitrogens with one attached hydrogen (secondary N) is 1. The van der Waals surface area contributed by atoms with Crippen LogP contribution in [0.2, 0.25) is 0 Å². The fraction of sp³-hybridized carbons (Fsp3) is 0.875. The van der Waals surface area contributed by atoms with Crippen molar-refractivity contribution in [3.8, 4) is 0 Å². The SMILES string of the molecule is CC12CCC(=O)N1CCCN2. The smallest absolute Gasteiger partial charge is 0.224 e. The standard InChI is InChI=1S/C8H14N2O/c1-8-4-3-7(11)10(8)6-2-5-9-8/h9H,2-6H2,1H3. The molecule has 0 bridgehead atoms. The molecule has 2 aliphatic rings. The zero-order valence-electron chi connectivity index (χ0n) is 6.89. The summed E-state index contributed by atoms with van der Waals surface area (Å²) in [4.78, 5) is 13.3. The average molecular weight is 154 g/mol. The van der Waals surface area contributed by atoms with Gasteiger partial charge in [0.05, 0.1) is 5.66 Å². The van der Waals surface area contributed by atoms with Crippen molar-refractivity contribution >= 4 is 5.91 Å². The zero-order valence-corrected chi connectivity index (χ0v) is 6.89. The third-order valence-corrected chi connectivity index (χ3v) is 2.79. The van der Waals surface area contributed by atoms with Crippen LogP contribution in [0.15, 0.2) is 0 Å². The molecule has 2 aliphatic heterocycles. The van der Waals surface area contributed by atoms with Crippen LogP contribution in [-0.2, 0) is 4.79 Å². The summed E-state index contributed by atoms with van der Waals surface area (Å²) in [5.74, 6) is 0.319. The normalized spacial score (nSPS) is 37.5. The van der Waals surface area contributed by atoms with E-state index in [0.29, 0.717) is 5.91 Å². The lowest BCUT2D eigenvalue weighted by molar-refractivity contribution is -0.132. The second-order valence-electron chi connectivity index (χ2n) is 3.60. The van der Waals surface area contributed by atoms with Gasteiger partial charge in [-0.25, -0.2) is 0 Å². The van der Waals surface area contributed by atoms with Gasteiger partial charge >= 0.3 is 0 Å². The topological polar surface area (TPSA) is 32.3 Å². The number of nitrogens with zero attached hydrogens (tertiary/aromatic N) is 1. The molecule has 1 unspecified atom stereocenters. The average Bonchev–Trinajstić information content (AvgIpc) is 2.29. The van der Waals surface area contributed by atoms with Gasteiger partial charge in [0.25, 0.3) is 0 Å². The van der Waals surface area contributed by atoms with Crippen molar-refractivity contribution in [2.45, 2.75) is 31.8 Å². The Labute approximate surface area is 66.8 Å². The number of amides is 1. The van der Waals surface area contributed by atoms with Gasteiger partial charge in [0.2, 0.25) is 5.91 Å². The minimum absolute atomic E-state index is 0.00463. The molecule has 3 heteroatoms. The Morgan fingerprint density at radius 1 is 1.64 bits per heavy atom. The lowest BCUT2D eigenvalue weighted by atomic mass is 10.1. The maximum atomic E-state index is 11.3. The van der Waals surface area contributed by atoms with Crippen LogP contribution in [0.4, 0.5) is 0 Å². The van der Waals surface area contributed by atoms with Gasteiger partial charge in [0, 0.05) is 13.0 Å². The van der Waals surface area contributed by atoms with E-state index in [-0.39, 0.29) is 5.66 Å². The summed E-state index contributed by atoms with van der Waals surface area (Å²) in [6.45, 7) is 4.12. The highest BCUT2D eigenvalue weighted by atomic mass is 16.2. The lowest BCUT2D eigenvalue weighted by Gasteiger charge is -2.40. The maximum Gasteiger partial charge on any atom is 0.224 e. The van der Waals surface area contributed by atoms with Crippen LogP contribution in [-0.4, -0.2) is 29.6 Å². The second kappa shape index (κ2) is 2.21. The van der Waals surface area contributed by atoms with Crippen LogP contribution in [0.25, 0.3) is 0 Å². The van der Waals surface area contributed by atoms with Gasteiger partial charge < -0.3 is 4.90 Å². The first-order valence-electron chi connectivity index (χ1n) is 4.28. The van der Waals surface area contributed by atoms with Crippen LogP contribution < -0.4 is 5.32 Å². The van der Waals surface area contributed by atoms with E-state index < -0.39 is 0 Å². The van der Waals surface area contributed by atoms with Crippen molar-refractivity contribution in [3.05, 3.63) is 0 Å². The van der Waals surface area contributed by atoms with Crippen molar-refractivity contribution in [2.24, 2.45) is 0 Å². The Bertz CT molecular complexity index is 193. The minimum atomic E-state index is -0.00463. The third kappa shape index (κ3) is 0.948. The number of rotatable bonds is 0. The van der Waals surface area contributed by atoms with Crippen molar-refractivity contribution in [3.63, 3.8) is 0 Å². The molecule has 2 rings (SSSR count). The summed E-state index contributed by atoms with van der Waals surface area (Å²) in [5.41, 5.74) is -0.00463. The van der Waals surface area contributed by atoms with E-state index in [1.165, 1.54) is 0 Å². The maximum absolute atomic E-state index is 11.3. The summed E-state index contributed by atoms with van der Waals surface area (Å²) in [6.07, 6.45) is 2.80. The Morgan fingerprint density at radius 3 is 3.18 bits per heavy atom. The third-order valence-electron chi connectivity index (χ3n) is 2.79. The number of hydrogen-bond acceptors (Lipinski definition) is 2. The molecule has 0 aromatic carbocycles. The molecule has 0 aromatic heterocycles. The fourth-order valence-electron chi connectivity index (χ4n) is 2.05. The van der Waals surface area contributed by atoms with Gasteiger partial charge in [-0.05, 0) is 26.3 Å². The molecular formula is C8H14N2O. The molecule has 11 heavy (non-hydrogen) atoms. The lowest BCUT2D eigenvalue weighted by Crippen LogP contribution is -2.58. The van der Waals surface area contributed by atoms with E-state index in [1.807, 2.05) is 4.90 Å². The van der Waals surface area contributed by atoms with Crippen molar-refractivity contribution in [1.82, 2.24) is 10.2 Å². The van der Waals surface area contributed by atoms with Crippen LogP contribution in [0.3, 0.4) is 0 Å². The molecule has 0 spiro atoms. The monoisotopic (exact) mass is 154 g/mol. The molecular weight excluding hydrogens is 140 g/mol. The summed E-state index contributed by atoms with van der Waals surface area (Å²) >= 11 is 0. The van der Waals surface area contributed by atoms with E-state index in [1.54, 1.807) is 0 Å². The van der Waals surface area contributed by atoms with E-state index in [2.05, 4.69) is 12.2 Å². The molecule has 0 radical (unpaired) electrons. The number of fused-ring (bicyclic) bond motifs is 1. The summed E-state index contributed by atoms with van der Waals surface area (Å²) < 4.78 is 0. The van der Waals surface area contributed by atoms with E-state index in [0.717, 1.165) is 32.4 Å². The van der Waals surface area contributed by atoms with E-state index >= 15 is 0 Å². The summed E-state index contributed by atoms with van der Waals surface area (Å²) in [6, 6.07) is 0. The van der Waals surface area contributed by atoms with Gasteiger partial charge in [0.15, 0.2) is 0 Å². The fourth-order valence-corrected chi connectivity index (χ4v) is 2.05. The van der Waals surface area contributed by atoms with Crippen LogP contribution in [0, 0.1) is 0 Å². The minimum Gasteiger partial charge on any atom is -0.325 e. The molecule has 2 heterocycles. The molecule has 3 nitrogen and oxygen atoms in total. The van der Waals surface area contributed by atoms with Crippen molar-refractivity contribution < 1.29 is 4.79 Å². The molecule has 1 atom stereocenters. The van der Waals surface area contributed by atoms with E-state index in [4.69, 9.17) is 0 Å². The summed E-state index contributed by atoms with van der Waals surface area (Å²) in [7, 11) is 0. The molecule has 1 N–H and O–H groups in total. The first kappa shape index (κ1) is 7.10. The first-order valence-corrected chi connectivity index (χ1v) is 4.28. The van der Waals surface area contributed by atoms with E-state index in [9.17, 15) is 4.79 Å². The van der Waals surface area contributed by atoms with Crippen LogP contribution in [0.1, 0.15) is 26.2 Å². The Morgan fingerprint density at radius 2 is 2.45 bits per heavy atom. The first-order chi connectivity index (χ1) is 5.22. The summed E-state index contributed by atoms with van der Waals surface area (Å²) in [5, 5.41) is 3.39. The predicted molar refractivity (Wildman–Crippen MR) is 42.0 cm³/mol. The highest BCUT2D eigenvalue weighted by Gasteiger charge is 2.42. The molecule has 0 saturated carbocycles. The Hall–Kier alpha value is -0.570. The zero-order chi connectivity index (χ0) is 7.90. The van der Waals surface area contributed by atoms with Crippen molar-refractivity contribution in [2.75, 3.05) is 13.1 Å². The molecule has 2 fully saturated rings.